The SMILES string of the molecule is O=C(NCC1=CCCC=C1F)c1ccc2c(c1)CCCN2Cc1ccc(-c2ccccc2C(=O)O)cc1. The summed E-state index contributed by atoms with van der Waals surface area (Å²) in [6.07, 6.45) is 6.81. The predicted molar refractivity (Wildman–Crippen MR) is 143 cm³/mol. The molecule has 0 unspecified atom stereocenters. The molecule has 2 N–H and O–H groups in total. The summed E-state index contributed by atoms with van der Waals surface area (Å²) in [6, 6.07) is 20.8. The van der Waals surface area contributed by atoms with Crippen LogP contribution in [0.5, 0.6) is 0 Å². The average Bonchev–Trinajstić information content (AvgIpc) is 2.93. The standard InChI is InChI=1S/C31H29FN2O3/c32-28-10-4-1-6-25(28)19-33-30(35)24-15-16-29-23(18-24)7-5-17-34(29)20-21-11-13-22(14-12-21)26-8-2-3-9-27(26)31(36)37/h2-3,6,8-16,18H,1,4-5,7,17,19-20H2,(H,33,35)(H,36,37). The molecular weight excluding hydrogens is 467 g/mol. The minimum Gasteiger partial charge on any atom is -0.478 e. The van der Waals surface area contributed by atoms with Crippen molar-refractivity contribution >= 4 is 17.6 Å². The lowest BCUT2D eigenvalue weighted by molar-refractivity contribution is 0.0697. The molecule has 37 heavy (non-hydrogen) atoms. The topological polar surface area (TPSA) is 69.6 Å². The molecule has 188 valence electrons. The van der Waals surface area contributed by atoms with E-state index in [0.29, 0.717) is 23.1 Å². The number of aromatic carboxylic acids is 1. The number of nitrogens with one attached hydrogen (secondary N) is 1. The number of hydrogen-bond donors (Lipinski definition) is 2. The van der Waals surface area contributed by atoms with E-state index in [1.165, 1.54) is 0 Å². The molecule has 1 aliphatic carbocycles. The van der Waals surface area contributed by atoms with Crippen LogP contribution in [0.25, 0.3) is 11.1 Å². The Morgan fingerprint density at radius 2 is 1.76 bits per heavy atom. The van der Waals surface area contributed by atoms with Crippen molar-refractivity contribution in [2.24, 2.45) is 0 Å². The first-order valence-electron chi connectivity index (χ1n) is 12.6. The van der Waals surface area contributed by atoms with Gasteiger partial charge in [-0.15, -0.1) is 0 Å². The van der Waals surface area contributed by atoms with Crippen molar-refractivity contribution in [1.29, 1.82) is 0 Å². The molecule has 1 heterocycles. The highest BCUT2D eigenvalue weighted by atomic mass is 19.1. The van der Waals surface area contributed by atoms with Gasteiger partial charge in [0.15, 0.2) is 0 Å². The van der Waals surface area contributed by atoms with Crippen molar-refractivity contribution in [3.05, 3.63) is 113 Å². The highest BCUT2D eigenvalue weighted by Crippen LogP contribution is 2.30. The largest absolute Gasteiger partial charge is 0.478 e. The highest BCUT2D eigenvalue weighted by molar-refractivity contribution is 5.96. The molecule has 0 atom stereocenters. The van der Waals surface area contributed by atoms with E-state index < -0.39 is 5.97 Å². The lowest BCUT2D eigenvalue weighted by Crippen LogP contribution is -2.30. The van der Waals surface area contributed by atoms with Gasteiger partial charge in [0.1, 0.15) is 5.83 Å². The fraction of sp³-hybridized carbons (Fsp3) is 0.226. The maximum Gasteiger partial charge on any atom is 0.336 e. The Morgan fingerprint density at radius 3 is 2.54 bits per heavy atom. The number of amides is 1. The molecule has 0 spiro atoms. The van der Waals surface area contributed by atoms with Crippen LogP contribution in [-0.4, -0.2) is 30.1 Å². The van der Waals surface area contributed by atoms with Crippen LogP contribution < -0.4 is 10.2 Å². The van der Waals surface area contributed by atoms with E-state index in [1.54, 1.807) is 18.2 Å². The van der Waals surface area contributed by atoms with Crippen LogP contribution in [0, 0.1) is 0 Å². The molecule has 0 fully saturated rings. The molecular formula is C31H29FN2O3. The minimum atomic E-state index is -0.937. The number of halogens is 1. The van der Waals surface area contributed by atoms with Crippen LogP contribution in [-0.2, 0) is 13.0 Å². The van der Waals surface area contributed by atoms with E-state index in [9.17, 15) is 19.1 Å². The van der Waals surface area contributed by atoms with Gasteiger partial charge in [-0.2, -0.15) is 0 Å². The maximum atomic E-state index is 13.9. The zero-order chi connectivity index (χ0) is 25.8. The molecule has 0 saturated carbocycles. The number of carbonyl (C=O) groups is 2. The van der Waals surface area contributed by atoms with Gasteiger partial charge in [-0.05, 0) is 78.3 Å². The normalized spacial score (nSPS) is 14.9. The number of carbonyl (C=O) groups excluding carboxylic acids is 1. The zero-order valence-electron chi connectivity index (χ0n) is 20.5. The summed E-state index contributed by atoms with van der Waals surface area (Å²) < 4.78 is 13.9. The van der Waals surface area contributed by atoms with Gasteiger partial charge in [0.05, 0.1) is 5.56 Å². The Kier molecular flexibility index (Phi) is 7.17. The number of hydrogen-bond acceptors (Lipinski definition) is 3. The molecule has 0 radical (unpaired) electrons. The molecule has 1 amide bonds. The predicted octanol–water partition coefficient (Wildman–Crippen LogP) is 6.31. The minimum absolute atomic E-state index is 0.192. The van der Waals surface area contributed by atoms with Gasteiger partial charge in [-0.1, -0.05) is 48.5 Å². The first-order chi connectivity index (χ1) is 18.0. The molecule has 6 heteroatoms. The molecule has 5 nitrogen and oxygen atoms in total. The number of rotatable bonds is 7. The summed E-state index contributed by atoms with van der Waals surface area (Å²) in [5, 5.41) is 12.3. The quantitative estimate of drug-likeness (QED) is 0.402. The van der Waals surface area contributed by atoms with Gasteiger partial charge in [-0.25, -0.2) is 9.18 Å². The maximum absolute atomic E-state index is 13.9. The highest BCUT2D eigenvalue weighted by Gasteiger charge is 2.20. The van der Waals surface area contributed by atoms with E-state index in [2.05, 4.69) is 10.2 Å². The lowest BCUT2D eigenvalue weighted by Gasteiger charge is -2.32. The van der Waals surface area contributed by atoms with E-state index in [4.69, 9.17) is 0 Å². The Labute approximate surface area is 215 Å². The third-order valence-electron chi connectivity index (χ3n) is 6.98. The fourth-order valence-electron chi connectivity index (χ4n) is 5.04. The first-order valence-corrected chi connectivity index (χ1v) is 12.6. The summed E-state index contributed by atoms with van der Waals surface area (Å²) in [6.45, 7) is 1.83. The van der Waals surface area contributed by atoms with Gasteiger partial charge >= 0.3 is 5.97 Å². The smallest absolute Gasteiger partial charge is 0.336 e. The number of nitrogens with zero attached hydrogens (tertiary/aromatic N) is 1. The Bertz CT molecular complexity index is 1390. The average molecular weight is 497 g/mol. The molecule has 3 aromatic rings. The van der Waals surface area contributed by atoms with E-state index in [-0.39, 0.29) is 23.8 Å². The molecule has 2 aliphatic rings. The third kappa shape index (κ3) is 5.48. The number of carboxylic acids is 1. The molecule has 5 rings (SSSR count). The summed E-state index contributed by atoms with van der Waals surface area (Å²) in [4.78, 5) is 26.6. The van der Waals surface area contributed by atoms with Gasteiger partial charge < -0.3 is 15.3 Å². The van der Waals surface area contributed by atoms with Crippen molar-refractivity contribution < 1.29 is 19.1 Å². The molecule has 1 aliphatic heterocycles. The van der Waals surface area contributed by atoms with E-state index in [0.717, 1.165) is 54.7 Å². The monoisotopic (exact) mass is 496 g/mol. The summed E-state index contributed by atoms with van der Waals surface area (Å²) in [5.74, 6) is -1.38. The number of anilines is 1. The summed E-state index contributed by atoms with van der Waals surface area (Å²) in [5.41, 5.74) is 6.37. The Balaban J connectivity index is 1.27. The number of benzene rings is 3. The molecule has 0 saturated heterocycles. The van der Waals surface area contributed by atoms with Crippen LogP contribution >= 0.6 is 0 Å². The number of fused-ring (bicyclic) bond motifs is 1. The van der Waals surface area contributed by atoms with Crippen molar-refractivity contribution in [3.8, 4) is 11.1 Å². The van der Waals surface area contributed by atoms with Crippen LogP contribution in [0.3, 0.4) is 0 Å². The van der Waals surface area contributed by atoms with E-state index in [1.807, 2.05) is 60.7 Å². The zero-order valence-corrected chi connectivity index (χ0v) is 20.5. The van der Waals surface area contributed by atoms with Crippen molar-refractivity contribution in [2.45, 2.75) is 32.2 Å². The summed E-state index contributed by atoms with van der Waals surface area (Å²) >= 11 is 0. The number of allylic oxidation sites excluding steroid dienone is 2. The van der Waals surface area contributed by atoms with E-state index >= 15 is 0 Å². The lowest BCUT2D eigenvalue weighted by atomic mass is 9.97. The Morgan fingerprint density at radius 1 is 0.973 bits per heavy atom. The second-order valence-corrected chi connectivity index (χ2v) is 9.46. The third-order valence-corrected chi connectivity index (χ3v) is 6.98. The first kappa shape index (κ1) is 24.5. The molecule has 0 aromatic heterocycles. The van der Waals surface area contributed by atoms with Crippen LogP contribution in [0.1, 0.15) is 51.1 Å². The Hall–Kier alpha value is -4.19. The van der Waals surface area contributed by atoms with Crippen LogP contribution in [0.15, 0.2) is 90.3 Å². The second-order valence-electron chi connectivity index (χ2n) is 9.46. The van der Waals surface area contributed by atoms with Crippen molar-refractivity contribution in [1.82, 2.24) is 5.32 Å². The van der Waals surface area contributed by atoms with Crippen molar-refractivity contribution in [3.63, 3.8) is 0 Å². The fourth-order valence-corrected chi connectivity index (χ4v) is 5.04. The summed E-state index contributed by atoms with van der Waals surface area (Å²) in [7, 11) is 0. The van der Waals surface area contributed by atoms with Gasteiger partial charge in [0, 0.05) is 36.5 Å². The van der Waals surface area contributed by atoms with Gasteiger partial charge in [-0.3, -0.25) is 4.79 Å². The van der Waals surface area contributed by atoms with Crippen molar-refractivity contribution in [2.75, 3.05) is 18.0 Å². The van der Waals surface area contributed by atoms with Crippen LogP contribution in [0.2, 0.25) is 0 Å². The molecule has 3 aromatic carbocycles. The number of aryl methyl sites for hydroxylation is 1. The van der Waals surface area contributed by atoms with Gasteiger partial charge in [0.2, 0.25) is 0 Å². The second kappa shape index (κ2) is 10.8. The van der Waals surface area contributed by atoms with Crippen LogP contribution in [0.4, 0.5) is 10.1 Å². The van der Waals surface area contributed by atoms with Gasteiger partial charge in [0.25, 0.3) is 5.91 Å². The number of carboxylic acid groups (broad SMARTS) is 1. The molecule has 0 bridgehead atoms.